The highest BCUT2D eigenvalue weighted by Crippen LogP contribution is 2.15. The number of carboxylic acid groups (broad SMARTS) is 2. The number of carboxylic acids is 2. The van der Waals surface area contributed by atoms with Crippen molar-refractivity contribution in [2.45, 2.75) is 52.4 Å². The molecule has 0 aliphatic rings. The highest BCUT2D eigenvalue weighted by molar-refractivity contribution is 5.98. The van der Waals surface area contributed by atoms with E-state index in [1.807, 2.05) is 13.8 Å². The lowest BCUT2D eigenvalue weighted by Crippen LogP contribution is -2.15. The van der Waals surface area contributed by atoms with Crippen molar-refractivity contribution in [2.75, 3.05) is 26.4 Å². The van der Waals surface area contributed by atoms with Crippen LogP contribution in [0.3, 0.4) is 0 Å². The maximum atomic E-state index is 11.3. The van der Waals surface area contributed by atoms with Gasteiger partial charge in [0.2, 0.25) is 0 Å². The maximum Gasteiger partial charge on any atom is 0.332 e. The largest absolute Gasteiger partial charge is 0.478 e. The molecule has 0 amide bonds. The van der Waals surface area contributed by atoms with Crippen LogP contribution in [0.15, 0.2) is 11.1 Å². The molecule has 0 spiro atoms. The monoisotopic (exact) mass is 316 g/mol. The first-order valence-corrected chi connectivity index (χ1v) is 7.88. The fourth-order valence-corrected chi connectivity index (χ4v) is 1.82. The molecule has 6 nitrogen and oxygen atoms in total. The van der Waals surface area contributed by atoms with Crippen molar-refractivity contribution in [2.24, 2.45) is 0 Å². The quantitative estimate of drug-likeness (QED) is 0.378. The number of ether oxygens (including phenoxy) is 2. The van der Waals surface area contributed by atoms with Gasteiger partial charge in [-0.25, -0.2) is 9.59 Å². The minimum absolute atomic E-state index is 0.0929. The van der Waals surface area contributed by atoms with Crippen molar-refractivity contribution >= 4 is 11.9 Å². The van der Waals surface area contributed by atoms with Gasteiger partial charge in [0.05, 0.1) is 13.2 Å². The Morgan fingerprint density at radius 1 is 0.727 bits per heavy atom. The summed E-state index contributed by atoms with van der Waals surface area (Å²) in [7, 11) is 0. The van der Waals surface area contributed by atoms with E-state index < -0.39 is 11.9 Å². The van der Waals surface area contributed by atoms with Crippen molar-refractivity contribution in [1.82, 2.24) is 0 Å². The first-order chi connectivity index (χ1) is 10.5. The van der Waals surface area contributed by atoms with Crippen LogP contribution in [0.2, 0.25) is 0 Å². The average Bonchev–Trinajstić information content (AvgIpc) is 2.47. The first kappa shape index (κ1) is 20.6. The topological polar surface area (TPSA) is 93.1 Å². The Morgan fingerprint density at radius 2 is 1.09 bits per heavy atom. The van der Waals surface area contributed by atoms with E-state index in [9.17, 15) is 19.8 Å². The second-order valence-electron chi connectivity index (χ2n) is 5.00. The lowest BCUT2D eigenvalue weighted by atomic mass is 10.0. The summed E-state index contributed by atoms with van der Waals surface area (Å²) in [5.74, 6) is -2.41. The summed E-state index contributed by atoms with van der Waals surface area (Å²) in [4.78, 5) is 22.6. The average molecular weight is 316 g/mol. The molecule has 0 aliphatic heterocycles. The van der Waals surface area contributed by atoms with Crippen LogP contribution in [0, 0.1) is 0 Å². The molecule has 0 bridgehead atoms. The molecule has 128 valence electrons. The van der Waals surface area contributed by atoms with Gasteiger partial charge in [0.1, 0.15) is 0 Å². The molecule has 0 heterocycles. The van der Waals surface area contributed by atoms with Gasteiger partial charge < -0.3 is 19.7 Å². The standard InChI is InChI=1S/C16H28O6/c1-3-5-9-21-11-7-13(15(17)18)14(16(19)20)8-12-22-10-6-4-2/h3-12H2,1-2H3,(H,17,18)(H,19,20)/b14-13+. The zero-order chi connectivity index (χ0) is 16.8. The SMILES string of the molecule is CCCCOCC/C(C(=O)O)=C(/CCOCCCC)C(=O)O. The third-order valence-corrected chi connectivity index (χ3v) is 3.16. The van der Waals surface area contributed by atoms with Crippen LogP contribution < -0.4 is 0 Å². The molecule has 22 heavy (non-hydrogen) atoms. The summed E-state index contributed by atoms with van der Waals surface area (Å²) in [5, 5.41) is 18.4. The van der Waals surface area contributed by atoms with Crippen molar-refractivity contribution in [3.63, 3.8) is 0 Å². The molecule has 0 unspecified atom stereocenters. The number of hydrogen-bond donors (Lipinski definition) is 2. The molecule has 0 radical (unpaired) electrons. The molecule has 0 aromatic rings. The maximum absolute atomic E-state index is 11.3. The van der Waals surface area contributed by atoms with Gasteiger partial charge in [-0.15, -0.1) is 0 Å². The molecule has 0 saturated heterocycles. The third-order valence-electron chi connectivity index (χ3n) is 3.16. The molecule has 6 heteroatoms. The summed E-state index contributed by atoms with van der Waals surface area (Å²) in [6.45, 7) is 5.63. The molecule has 0 aromatic carbocycles. The fraction of sp³-hybridized carbons (Fsp3) is 0.750. The van der Waals surface area contributed by atoms with Gasteiger partial charge in [-0.2, -0.15) is 0 Å². The van der Waals surface area contributed by atoms with Crippen molar-refractivity contribution < 1.29 is 29.3 Å². The van der Waals surface area contributed by atoms with Gasteiger partial charge in [0.15, 0.2) is 0 Å². The normalized spacial score (nSPS) is 12.1. The van der Waals surface area contributed by atoms with Gasteiger partial charge in [-0.05, 0) is 12.8 Å². The van der Waals surface area contributed by atoms with Gasteiger partial charge in [0, 0.05) is 37.2 Å². The van der Waals surface area contributed by atoms with Crippen LogP contribution >= 0.6 is 0 Å². The Balaban J connectivity index is 4.55. The summed E-state index contributed by atoms with van der Waals surface area (Å²) in [5.41, 5.74) is -0.189. The third kappa shape index (κ3) is 9.52. The summed E-state index contributed by atoms with van der Waals surface area (Å²) < 4.78 is 10.6. The van der Waals surface area contributed by atoms with Crippen molar-refractivity contribution in [1.29, 1.82) is 0 Å². The fourth-order valence-electron chi connectivity index (χ4n) is 1.82. The van der Waals surface area contributed by atoms with Crippen LogP contribution in [0.4, 0.5) is 0 Å². The Hall–Kier alpha value is -1.40. The lowest BCUT2D eigenvalue weighted by molar-refractivity contribution is -0.136. The Morgan fingerprint density at radius 3 is 1.36 bits per heavy atom. The van der Waals surface area contributed by atoms with E-state index in [1.54, 1.807) is 0 Å². The molecule has 0 aromatic heterocycles. The zero-order valence-corrected chi connectivity index (χ0v) is 13.6. The predicted octanol–water partition coefficient (Wildman–Crippen LogP) is 2.87. The van der Waals surface area contributed by atoms with Crippen LogP contribution in [0.5, 0.6) is 0 Å². The number of rotatable bonds is 14. The van der Waals surface area contributed by atoms with Gasteiger partial charge in [0.25, 0.3) is 0 Å². The number of unbranched alkanes of at least 4 members (excludes halogenated alkanes) is 2. The predicted molar refractivity (Wildman–Crippen MR) is 83.0 cm³/mol. The minimum atomic E-state index is -1.20. The molecular formula is C16H28O6. The molecule has 0 aliphatic carbocycles. The molecule has 0 fully saturated rings. The number of hydrogen-bond acceptors (Lipinski definition) is 4. The molecule has 0 atom stereocenters. The molecule has 2 N–H and O–H groups in total. The molecule has 0 saturated carbocycles. The van der Waals surface area contributed by atoms with Gasteiger partial charge >= 0.3 is 11.9 Å². The summed E-state index contributed by atoms with van der Waals surface area (Å²) >= 11 is 0. The molecule has 0 rings (SSSR count). The van der Waals surface area contributed by atoms with E-state index in [4.69, 9.17) is 9.47 Å². The molecular weight excluding hydrogens is 288 g/mol. The minimum Gasteiger partial charge on any atom is -0.478 e. The lowest BCUT2D eigenvalue weighted by Gasteiger charge is -2.10. The Kier molecular flexibility index (Phi) is 12.4. The first-order valence-electron chi connectivity index (χ1n) is 7.88. The number of aliphatic carboxylic acids is 2. The van der Waals surface area contributed by atoms with Crippen molar-refractivity contribution in [3.05, 3.63) is 11.1 Å². The van der Waals surface area contributed by atoms with E-state index in [1.165, 1.54) is 0 Å². The highest BCUT2D eigenvalue weighted by Gasteiger charge is 2.19. The van der Waals surface area contributed by atoms with Crippen molar-refractivity contribution in [3.8, 4) is 0 Å². The smallest absolute Gasteiger partial charge is 0.332 e. The Bertz CT molecular complexity index is 328. The van der Waals surface area contributed by atoms with Gasteiger partial charge in [-0.3, -0.25) is 0 Å². The van der Waals surface area contributed by atoms with E-state index in [0.29, 0.717) is 13.2 Å². The Labute approximate surface area is 132 Å². The second-order valence-corrected chi connectivity index (χ2v) is 5.00. The van der Waals surface area contributed by atoms with E-state index in [-0.39, 0.29) is 37.2 Å². The summed E-state index contributed by atoms with van der Waals surface area (Å²) in [6.07, 6.45) is 3.99. The summed E-state index contributed by atoms with van der Waals surface area (Å²) in [6, 6.07) is 0. The van der Waals surface area contributed by atoms with Crippen LogP contribution in [-0.2, 0) is 19.1 Å². The highest BCUT2D eigenvalue weighted by atomic mass is 16.5. The van der Waals surface area contributed by atoms with Gasteiger partial charge in [-0.1, -0.05) is 26.7 Å². The van der Waals surface area contributed by atoms with E-state index in [0.717, 1.165) is 25.7 Å². The van der Waals surface area contributed by atoms with E-state index >= 15 is 0 Å². The second kappa shape index (κ2) is 13.3. The zero-order valence-electron chi connectivity index (χ0n) is 13.6. The van der Waals surface area contributed by atoms with Crippen LogP contribution in [0.25, 0.3) is 0 Å². The van der Waals surface area contributed by atoms with Crippen LogP contribution in [0.1, 0.15) is 52.4 Å². The van der Waals surface area contributed by atoms with Crippen LogP contribution in [-0.4, -0.2) is 48.6 Å². The number of carbonyl (C=O) groups is 2. The van der Waals surface area contributed by atoms with E-state index in [2.05, 4.69) is 0 Å².